The maximum atomic E-state index is 14.4. The summed E-state index contributed by atoms with van der Waals surface area (Å²) in [7, 11) is 0. The minimum Gasteiger partial charge on any atom is -0.233 e. The van der Waals surface area contributed by atoms with Crippen LogP contribution in [0.15, 0.2) is 48.5 Å². The number of rotatable bonds is 1. The van der Waals surface area contributed by atoms with Crippen molar-refractivity contribution < 1.29 is 8.78 Å². The molecule has 2 aromatic carbocycles. The van der Waals surface area contributed by atoms with Crippen LogP contribution in [0.1, 0.15) is 53.6 Å². The van der Waals surface area contributed by atoms with Crippen LogP contribution < -0.4 is 0 Å². The third-order valence-electron chi connectivity index (χ3n) is 5.42. The maximum absolute atomic E-state index is 14.4. The molecule has 2 atom stereocenters. The van der Waals surface area contributed by atoms with E-state index in [1.807, 2.05) is 30.3 Å². The van der Waals surface area contributed by atoms with Crippen molar-refractivity contribution in [3.8, 4) is 17.5 Å². The van der Waals surface area contributed by atoms with Gasteiger partial charge >= 0.3 is 0 Å². The molecule has 2 aliphatic rings. The SMILES string of the molecule is Fc1ccc(-n2nc(C#Cc3ccccc3)c3c2C2CCC3C2)c(F)c1. The smallest absolute Gasteiger partial charge is 0.151 e. The molecule has 2 aliphatic carbocycles. The molecular weight excluding hydrogens is 330 g/mol. The van der Waals surface area contributed by atoms with Gasteiger partial charge in [0.25, 0.3) is 0 Å². The van der Waals surface area contributed by atoms with Gasteiger partial charge in [-0.2, -0.15) is 5.10 Å². The summed E-state index contributed by atoms with van der Waals surface area (Å²) in [5.74, 6) is 6.01. The van der Waals surface area contributed by atoms with Crippen LogP contribution in [-0.4, -0.2) is 9.78 Å². The molecule has 0 N–H and O–H groups in total. The molecule has 3 aromatic rings. The third kappa shape index (κ3) is 2.35. The van der Waals surface area contributed by atoms with Gasteiger partial charge in [0.2, 0.25) is 0 Å². The largest absolute Gasteiger partial charge is 0.233 e. The fraction of sp³-hybridized carbons (Fsp3) is 0.227. The van der Waals surface area contributed by atoms with Crippen LogP contribution >= 0.6 is 0 Å². The highest BCUT2D eigenvalue weighted by Crippen LogP contribution is 2.54. The molecule has 1 saturated carbocycles. The first-order valence-electron chi connectivity index (χ1n) is 8.86. The van der Waals surface area contributed by atoms with Crippen LogP contribution in [0.3, 0.4) is 0 Å². The summed E-state index contributed by atoms with van der Waals surface area (Å²) in [5, 5.41) is 4.63. The van der Waals surface area contributed by atoms with E-state index in [1.165, 1.54) is 12.1 Å². The van der Waals surface area contributed by atoms with Crippen molar-refractivity contribution in [3.05, 3.63) is 82.7 Å². The Morgan fingerprint density at radius 1 is 0.962 bits per heavy atom. The van der Waals surface area contributed by atoms with E-state index in [0.717, 1.165) is 47.8 Å². The summed E-state index contributed by atoms with van der Waals surface area (Å²) in [4.78, 5) is 0. The Labute approximate surface area is 150 Å². The highest BCUT2D eigenvalue weighted by atomic mass is 19.1. The monoisotopic (exact) mass is 346 g/mol. The zero-order valence-electron chi connectivity index (χ0n) is 14.0. The van der Waals surface area contributed by atoms with E-state index >= 15 is 0 Å². The lowest BCUT2D eigenvalue weighted by atomic mass is 9.95. The summed E-state index contributed by atoms with van der Waals surface area (Å²) in [5.41, 5.74) is 4.16. The van der Waals surface area contributed by atoms with E-state index in [2.05, 4.69) is 16.9 Å². The van der Waals surface area contributed by atoms with E-state index in [9.17, 15) is 8.78 Å². The van der Waals surface area contributed by atoms with Crippen LogP contribution in [0.2, 0.25) is 0 Å². The quantitative estimate of drug-likeness (QED) is 0.572. The van der Waals surface area contributed by atoms with Crippen molar-refractivity contribution in [1.29, 1.82) is 0 Å². The molecule has 1 heterocycles. The van der Waals surface area contributed by atoms with Crippen LogP contribution in [-0.2, 0) is 0 Å². The number of hydrogen-bond donors (Lipinski definition) is 0. The summed E-state index contributed by atoms with van der Waals surface area (Å²) >= 11 is 0. The first-order chi connectivity index (χ1) is 12.7. The van der Waals surface area contributed by atoms with Crippen LogP contribution in [0.5, 0.6) is 0 Å². The van der Waals surface area contributed by atoms with Gasteiger partial charge in [-0.15, -0.1) is 0 Å². The molecule has 26 heavy (non-hydrogen) atoms. The highest BCUT2D eigenvalue weighted by molar-refractivity contribution is 5.53. The van der Waals surface area contributed by atoms with Gasteiger partial charge in [0.1, 0.15) is 17.2 Å². The molecule has 1 aromatic heterocycles. The second-order valence-electron chi connectivity index (χ2n) is 6.98. The fourth-order valence-electron chi connectivity index (χ4n) is 4.31. The Balaban J connectivity index is 1.66. The highest BCUT2D eigenvalue weighted by Gasteiger charge is 2.42. The van der Waals surface area contributed by atoms with Crippen molar-refractivity contribution in [2.24, 2.45) is 0 Å². The van der Waals surface area contributed by atoms with E-state index in [0.29, 0.717) is 17.5 Å². The molecule has 2 nitrogen and oxygen atoms in total. The van der Waals surface area contributed by atoms with Crippen LogP contribution in [0.4, 0.5) is 8.78 Å². The molecule has 0 amide bonds. The average molecular weight is 346 g/mol. The summed E-state index contributed by atoms with van der Waals surface area (Å²) < 4.78 is 29.3. The van der Waals surface area contributed by atoms with E-state index < -0.39 is 11.6 Å². The number of benzene rings is 2. The lowest BCUT2D eigenvalue weighted by Gasteiger charge is -2.14. The Morgan fingerprint density at radius 3 is 2.58 bits per heavy atom. The topological polar surface area (TPSA) is 17.8 Å². The van der Waals surface area contributed by atoms with E-state index in [1.54, 1.807) is 4.68 Å². The lowest BCUT2D eigenvalue weighted by Crippen LogP contribution is -2.07. The Hall–Kier alpha value is -2.93. The van der Waals surface area contributed by atoms with Crippen molar-refractivity contribution in [2.45, 2.75) is 31.1 Å². The number of aromatic nitrogens is 2. The van der Waals surface area contributed by atoms with E-state index in [-0.39, 0.29) is 0 Å². The number of nitrogens with zero attached hydrogens (tertiary/aromatic N) is 2. The lowest BCUT2D eigenvalue weighted by molar-refractivity contribution is 0.566. The van der Waals surface area contributed by atoms with Gasteiger partial charge in [-0.3, -0.25) is 0 Å². The van der Waals surface area contributed by atoms with Crippen molar-refractivity contribution >= 4 is 0 Å². The molecular formula is C22H16F2N2. The number of halogens is 2. The summed E-state index contributed by atoms with van der Waals surface area (Å²) in [6, 6.07) is 13.4. The zero-order valence-corrected chi connectivity index (χ0v) is 14.0. The first-order valence-corrected chi connectivity index (χ1v) is 8.86. The molecule has 4 heteroatoms. The second kappa shape index (κ2) is 5.81. The molecule has 0 radical (unpaired) electrons. The van der Waals surface area contributed by atoms with Gasteiger partial charge in [-0.1, -0.05) is 24.1 Å². The Bertz CT molecular complexity index is 1060. The molecule has 2 unspecified atom stereocenters. The first kappa shape index (κ1) is 15.3. The maximum Gasteiger partial charge on any atom is 0.151 e. The second-order valence-corrected chi connectivity index (χ2v) is 6.98. The molecule has 1 fully saturated rings. The predicted octanol–water partition coefficient (Wildman–Crippen LogP) is 4.92. The minimum atomic E-state index is -0.597. The summed E-state index contributed by atoms with van der Waals surface area (Å²) in [6.07, 6.45) is 3.31. The Kier molecular flexibility index (Phi) is 3.43. The Morgan fingerprint density at radius 2 is 1.77 bits per heavy atom. The molecule has 0 spiro atoms. The number of hydrogen-bond acceptors (Lipinski definition) is 1. The zero-order chi connectivity index (χ0) is 17.7. The van der Waals surface area contributed by atoms with E-state index in [4.69, 9.17) is 0 Å². The minimum absolute atomic E-state index is 0.294. The van der Waals surface area contributed by atoms with Gasteiger partial charge in [-0.05, 0) is 55.4 Å². The van der Waals surface area contributed by atoms with Crippen molar-refractivity contribution in [3.63, 3.8) is 0 Å². The standard InChI is InChI=1S/C22H16F2N2/c23-17-9-11-20(18(24)13-17)26-22-16-8-7-15(12-16)21(22)19(25-26)10-6-14-4-2-1-3-5-14/h1-5,9,11,13,15-16H,7-8,12H2. The summed E-state index contributed by atoms with van der Waals surface area (Å²) in [6.45, 7) is 0. The van der Waals surface area contributed by atoms with Crippen LogP contribution in [0.25, 0.3) is 5.69 Å². The molecule has 0 aliphatic heterocycles. The van der Waals surface area contributed by atoms with Gasteiger partial charge in [0.15, 0.2) is 5.82 Å². The third-order valence-corrected chi connectivity index (χ3v) is 5.42. The normalized spacial score (nSPS) is 19.9. The van der Waals surface area contributed by atoms with Gasteiger partial charge in [0, 0.05) is 23.1 Å². The average Bonchev–Trinajstić information content (AvgIpc) is 3.34. The fourth-order valence-corrected chi connectivity index (χ4v) is 4.31. The van der Waals surface area contributed by atoms with Crippen molar-refractivity contribution in [1.82, 2.24) is 9.78 Å². The molecule has 128 valence electrons. The van der Waals surface area contributed by atoms with Gasteiger partial charge in [0.05, 0.1) is 5.69 Å². The number of fused-ring (bicyclic) bond motifs is 5. The van der Waals surface area contributed by atoms with Crippen LogP contribution in [0, 0.1) is 23.5 Å². The van der Waals surface area contributed by atoms with Crippen molar-refractivity contribution in [2.75, 3.05) is 0 Å². The molecule has 2 bridgehead atoms. The predicted molar refractivity (Wildman–Crippen MR) is 95.2 cm³/mol. The van der Waals surface area contributed by atoms with Gasteiger partial charge in [-0.25, -0.2) is 13.5 Å². The molecule has 0 saturated heterocycles. The van der Waals surface area contributed by atoms with Gasteiger partial charge < -0.3 is 0 Å². The molecule has 5 rings (SSSR count).